The fraction of sp³-hybridized carbons (Fsp3) is 0.188. The molecule has 2 heterocycles. The van der Waals surface area contributed by atoms with E-state index in [4.69, 9.17) is 17.0 Å². The van der Waals surface area contributed by atoms with E-state index in [-0.39, 0.29) is 11.7 Å². The number of nitrogens with zero attached hydrogens (tertiary/aromatic N) is 3. The molecule has 1 atom stereocenters. The smallest absolute Gasteiger partial charge is 0.248 e. The fourth-order valence-corrected chi connectivity index (χ4v) is 3.49. The van der Waals surface area contributed by atoms with Crippen LogP contribution < -0.4 is 9.80 Å². The minimum Gasteiger partial charge on any atom is -0.331 e. The number of carbonyl (C=O) groups is 1. The number of aliphatic imine (C=N–C) groups is 1. The normalized spacial score (nSPS) is 18.5. The van der Waals surface area contributed by atoms with Crippen LogP contribution in [0.5, 0.6) is 0 Å². The highest BCUT2D eigenvalue weighted by Gasteiger charge is 2.37. The number of anilines is 3. The van der Waals surface area contributed by atoms with Crippen molar-refractivity contribution in [2.45, 2.75) is 0 Å². The van der Waals surface area contributed by atoms with Crippen molar-refractivity contribution in [3.05, 3.63) is 40.7 Å². The first-order valence-corrected chi connectivity index (χ1v) is 8.22. The average Bonchev–Trinajstić information content (AvgIpc) is 3.03. The number of rotatable bonds is 2. The second kappa shape index (κ2) is 6.14. The Hall–Kier alpha value is -2.18. The van der Waals surface area contributed by atoms with Gasteiger partial charge >= 0.3 is 0 Å². The Balaban J connectivity index is 2.26. The Morgan fingerprint density at radius 1 is 1.35 bits per heavy atom. The molecule has 0 saturated carbocycles. The summed E-state index contributed by atoms with van der Waals surface area (Å²) in [5, 5.41) is 11.6. The Morgan fingerprint density at radius 3 is 2.78 bits per heavy atom. The van der Waals surface area contributed by atoms with Crippen LogP contribution in [-0.4, -0.2) is 32.1 Å². The molecule has 0 fully saturated rings. The van der Waals surface area contributed by atoms with Gasteiger partial charge in [-0.25, -0.2) is 0 Å². The molecule has 1 N–H and O–H groups in total. The topological polar surface area (TPSA) is 59.8 Å². The quantitative estimate of drug-likeness (QED) is 0.840. The number of thiophene rings is 1. The highest BCUT2D eigenvalue weighted by Crippen LogP contribution is 2.41. The first kappa shape index (κ1) is 15.7. The van der Waals surface area contributed by atoms with E-state index in [9.17, 15) is 4.79 Å². The van der Waals surface area contributed by atoms with Gasteiger partial charge in [0.15, 0.2) is 0 Å². The first-order valence-electron chi connectivity index (χ1n) is 6.96. The van der Waals surface area contributed by atoms with Gasteiger partial charge in [0.1, 0.15) is 16.8 Å². The zero-order valence-electron chi connectivity index (χ0n) is 12.7. The summed E-state index contributed by atoms with van der Waals surface area (Å²) in [6.07, 6.45) is 1.51. The number of amides is 1. The van der Waals surface area contributed by atoms with Crippen molar-refractivity contribution in [2.75, 3.05) is 23.9 Å². The van der Waals surface area contributed by atoms with Crippen LogP contribution in [0.4, 0.5) is 16.4 Å². The standard InChI is InChI=1S/C16H15ClN4OS/c1-19-9-11-15(18)20(2)12-6-5-10(17)8-13(12)21(16(11)22)14-4-3-7-23-14/h3-9,11,18H,1-2H3. The van der Waals surface area contributed by atoms with Crippen molar-refractivity contribution in [3.63, 3.8) is 0 Å². The maximum absolute atomic E-state index is 13.1. The maximum Gasteiger partial charge on any atom is 0.248 e. The number of benzene rings is 1. The van der Waals surface area contributed by atoms with Gasteiger partial charge in [0.05, 0.1) is 11.4 Å². The van der Waals surface area contributed by atoms with E-state index in [0.29, 0.717) is 10.7 Å². The summed E-state index contributed by atoms with van der Waals surface area (Å²) in [5.74, 6) is -0.766. The summed E-state index contributed by atoms with van der Waals surface area (Å²) in [7, 11) is 3.38. The van der Waals surface area contributed by atoms with Crippen LogP contribution in [-0.2, 0) is 4.79 Å². The molecule has 1 unspecified atom stereocenters. The molecule has 2 aromatic rings. The molecule has 1 aromatic heterocycles. The number of hydrogen-bond acceptors (Lipinski definition) is 4. The van der Waals surface area contributed by atoms with Crippen LogP contribution in [0.15, 0.2) is 40.7 Å². The van der Waals surface area contributed by atoms with Crippen LogP contribution in [0, 0.1) is 11.3 Å². The maximum atomic E-state index is 13.1. The zero-order chi connectivity index (χ0) is 16.6. The van der Waals surface area contributed by atoms with E-state index in [1.54, 1.807) is 36.0 Å². The van der Waals surface area contributed by atoms with Gasteiger partial charge in [-0.05, 0) is 35.7 Å². The van der Waals surface area contributed by atoms with Crippen LogP contribution in [0.2, 0.25) is 5.02 Å². The van der Waals surface area contributed by atoms with Crippen LogP contribution in [0.25, 0.3) is 0 Å². The molecule has 0 spiro atoms. The predicted octanol–water partition coefficient (Wildman–Crippen LogP) is 3.81. The van der Waals surface area contributed by atoms with Crippen molar-refractivity contribution < 1.29 is 4.79 Å². The van der Waals surface area contributed by atoms with Crippen molar-refractivity contribution in [2.24, 2.45) is 10.9 Å². The predicted molar refractivity (Wildman–Crippen MR) is 97.0 cm³/mol. The molecule has 0 aliphatic carbocycles. The lowest BCUT2D eigenvalue weighted by molar-refractivity contribution is -0.118. The van der Waals surface area contributed by atoms with Gasteiger partial charge in [-0.2, -0.15) is 0 Å². The minimum atomic E-state index is -0.738. The zero-order valence-corrected chi connectivity index (χ0v) is 14.2. The lowest BCUT2D eigenvalue weighted by atomic mass is 10.1. The number of fused-ring (bicyclic) bond motifs is 1. The van der Waals surface area contributed by atoms with Crippen molar-refractivity contribution in [1.29, 1.82) is 5.41 Å². The minimum absolute atomic E-state index is 0.184. The molecule has 0 bridgehead atoms. The summed E-state index contributed by atoms with van der Waals surface area (Å²) in [6, 6.07) is 9.10. The van der Waals surface area contributed by atoms with Crippen LogP contribution >= 0.6 is 22.9 Å². The number of carbonyl (C=O) groups excluding carboxylic acids is 1. The van der Waals surface area contributed by atoms with Gasteiger partial charge in [-0.3, -0.25) is 20.1 Å². The van der Waals surface area contributed by atoms with E-state index in [1.165, 1.54) is 17.6 Å². The molecule has 0 saturated heterocycles. The largest absolute Gasteiger partial charge is 0.331 e. The molecule has 5 nitrogen and oxygen atoms in total. The number of hydrogen-bond donors (Lipinski definition) is 1. The molecule has 1 aliphatic rings. The number of halogens is 1. The Bertz CT molecular complexity index is 787. The van der Waals surface area contributed by atoms with Crippen molar-refractivity contribution in [1.82, 2.24) is 0 Å². The number of amidine groups is 1. The van der Waals surface area contributed by atoms with Gasteiger partial charge in [0.2, 0.25) is 5.91 Å². The summed E-state index contributed by atoms with van der Waals surface area (Å²) in [4.78, 5) is 20.4. The van der Waals surface area contributed by atoms with Crippen molar-refractivity contribution in [3.8, 4) is 0 Å². The molecule has 3 rings (SSSR count). The third kappa shape index (κ3) is 2.64. The molecular weight excluding hydrogens is 332 g/mol. The first-order chi connectivity index (χ1) is 11.0. The van der Waals surface area contributed by atoms with Gasteiger partial charge in [0, 0.05) is 25.3 Å². The van der Waals surface area contributed by atoms with E-state index < -0.39 is 5.92 Å². The third-order valence-electron chi connectivity index (χ3n) is 3.71. The summed E-state index contributed by atoms with van der Waals surface area (Å²) in [5.41, 5.74) is 1.43. The molecule has 1 amide bonds. The van der Waals surface area contributed by atoms with E-state index in [1.807, 2.05) is 23.6 Å². The van der Waals surface area contributed by atoms with Gasteiger partial charge in [-0.15, -0.1) is 11.3 Å². The lowest BCUT2D eigenvalue weighted by Gasteiger charge is -2.23. The molecule has 118 valence electrons. The van der Waals surface area contributed by atoms with Crippen LogP contribution in [0.1, 0.15) is 0 Å². The second-order valence-corrected chi connectivity index (χ2v) is 6.45. The van der Waals surface area contributed by atoms with Crippen LogP contribution in [0.3, 0.4) is 0 Å². The molecule has 0 radical (unpaired) electrons. The van der Waals surface area contributed by atoms with Gasteiger partial charge in [-0.1, -0.05) is 11.6 Å². The van der Waals surface area contributed by atoms with Gasteiger partial charge in [0.25, 0.3) is 0 Å². The summed E-state index contributed by atoms with van der Waals surface area (Å²) < 4.78 is 0. The number of nitrogens with one attached hydrogen (secondary N) is 1. The van der Waals surface area contributed by atoms with Gasteiger partial charge < -0.3 is 4.90 Å². The molecule has 1 aliphatic heterocycles. The summed E-state index contributed by atoms with van der Waals surface area (Å²) >= 11 is 7.62. The Morgan fingerprint density at radius 2 is 2.13 bits per heavy atom. The van der Waals surface area contributed by atoms with Crippen molar-refractivity contribution >= 4 is 57.3 Å². The SMILES string of the molecule is CN=CC1C(=N)N(C)c2ccc(Cl)cc2N(c2cccs2)C1=O. The lowest BCUT2D eigenvalue weighted by Crippen LogP contribution is -2.39. The average molecular weight is 347 g/mol. The second-order valence-electron chi connectivity index (χ2n) is 5.09. The highest BCUT2D eigenvalue weighted by molar-refractivity contribution is 7.14. The Kier molecular flexibility index (Phi) is 4.19. The molecular formula is C16H15ClN4OS. The summed E-state index contributed by atoms with van der Waals surface area (Å²) in [6.45, 7) is 0. The molecule has 7 heteroatoms. The van der Waals surface area contributed by atoms with E-state index in [0.717, 1.165) is 10.7 Å². The Labute approximate surface area is 143 Å². The third-order valence-corrected chi connectivity index (χ3v) is 4.80. The molecule has 1 aromatic carbocycles. The monoisotopic (exact) mass is 346 g/mol. The fourth-order valence-electron chi connectivity index (χ4n) is 2.58. The van der Waals surface area contributed by atoms with E-state index in [2.05, 4.69) is 4.99 Å². The highest BCUT2D eigenvalue weighted by atomic mass is 35.5. The molecule has 23 heavy (non-hydrogen) atoms. The van der Waals surface area contributed by atoms with E-state index >= 15 is 0 Å².